The molecule has 0 aromatic rings. The Kier molecular flexibility index (Phi) is 4.89. The lowest BCUT2D eigenvalue weighted by molar-refractivity contribution is -0.141. The van der Waals surface area contributed by atoms with Crippen LogP contribution in [-0.4, -0.2) is 41.6 Å². The molecule has 1 heterocycles. The number of rotatable bonds is 5. The fourth-order valence-corrected chi connectivity index (χ4v) is 3.37. The molecule has 0 spiro atoms. The Hall–Kier alpha value is -1.26. The van der Waals surface area contributed by atoms with Crippen LogP contribution in [0.4, 0.5) is 4.79 Å². The van der Waals surface area contributed by atoms with Gasteiger partial charge in [-0.15, -0.1) is 0 Å². The number of urea groups is 1. The second-order valence-corrected chi connectivity index (χ2v) is 6.45. The number of nitrogens with one attached hydrogen (secondary N) is 1. The Bertz CT molecular complexity index is 366. The maximum absolute atomic E-state index is 12.2. The van der Waals surface area contributed by atoms with Crippen molar-refractivity contribution in [2.45, 2.75) is 51.9 Å². The van der Waals surface area contributed by atoms with E-state index in [-0.39, 0.29) is 17.9 Å². The fourth-order valence-electron chi connectivity index (χ4n) is 3.37. The summed E-state index contributed by atoms with van der Waals surface area (Å²) in [6.45, 7) is 4.34. The van der Waals surface area contributed by atoms with Gasteiger partial charge in [-0.3, -0.25) is 4.79 Å². The van der Waals surface area contributed by atoms with Crippen LogP contribution in [0.3, 0.4) is 0 Å². The first-order valence-electron chi connectivity index (χ1n) is 7.79. The predicted molar refractivity (Wildman–Crippen MR) is 76.5 cm³/mol. The molecular formula is C15H26N2O3. The lowest BCUT2D eigenvalue weighted by atomic mass is 9.66. The van der Waals surface area contributed by atoms with Gasteiger partial charge in [0.05, 0.1) is 6.42 Å². The number of carboxylic acids is 1. The number of hydrogen-bond donors (Lipinski definition) is 2. The third-order valence-corrected chi connectivity index (χ3v) is 4.94. The van der Waals surface area contributed by atoms with Crippen LogP contribution in [0.1, 0.15) is 51.9 Å². The number of likely N-dealkylation sites (tertiary alicyclic amines) is 1. The monoisotopic (exact) mass is 282 g/mol. The van der Waals surface area contributed by atoms with Crippen LogP contribution < -0.4 is 5.32 Å². The second-order valence-electron chi connectivity index (χ2n) is 6.45. The number of carbonyl (C=O) groups excluding carboxylic acids is 1. The lowest BCUT2D eigenvalue weighted by Crippen LogP contribution is -2.50. The molecule has 1 saturated carbocycles. The highest BCUT2D eigenvalue weighted by molar-refractivity contribution is 5.74. The van der Waals surface area contributed by atoms with Crippen LogP contribution in [0.25, 0.3) is 0 Å². The molecular weight excluding hydrogens is 256 g/mol. The average Bonchev–Trinajstić information content (AvgIpc) is 2.41. The number of hydrogen-bond acceptors (Lipinski definition) is 2. The molecule has 114 valence electrons. The Balaban J connectivity index is 1.80. The second kappa shape index (κ2) is 6.46. The van der Waals surface area contributed by atoms with Gasteiger partial charge in [0.1, 0.15) is 0 Å². The highest BCUT2D eigenvalue weighted by Crippen LogP contribution is 2.43. The summed E-state index contributed by atoms with van der Waals surface area (Å²) in [4.78, 5) is 25.0. The number of nitrogens with zero attached hydrogens (tertiary/aromatic N) is 1. The first kappa shape index (κ1) is 15.1. The van der Waals surface area contributed by atoms with E-state index in [1.165, 1.54) is 6.42 Å². The molecule has 2 fully saturated rings. The van der Waals surface area contributed by atoms with Crippen molar-refractivity contribution in [3.63, 3.8) is 0 Å². The van der Waals surface area contributed by atoms with Gasteiger partial charge in [-0.05, 0) is 37.0 Å². The summed E-state index contributed by atoms with van der Waals surface area (Å²) in [5.41, 5.74) is -0.193. The SMILES string of the molecule is CCC1CCCN(C(=O)NCC2(CC(=O)O)CCC2)C1. The van der Waals surface area contributed by atoms with E-state index in [9.17, 15) is 9.59 Å². The molecule has 1 aliphatic heterocycles. The van der Waals surface area contributed by atoms with Crippen molar-refractivity contribution in [2.24, 2.45) is 11.3 Å². The minimum atomic E-state index is -0.761. The molecule has 1 atom stereocenters. The third kappa shape index (κ3) is 3.64. The summed E-state index contributed by atoms with van der Waals surface area (Å²) in [6, 6.07) is -0.0141. The molecule has 5 nitrogen and oxygen atoms in total. The van der Waals surface area contributed by atoms with E-state index in [2.05, 4.69) is 12.2 Å². The number of aliphatic carboxylic acids is 1. The van der Waals surface area contributed by atoms with Crippen molar-refractivity contribution in [2.75, 3.05) is 19.6 Å². The molecule has 1 unspecified atom stereocenters. The number of carboxylic acid groups (broad SMARTS) is 1. The van der Waals surface area contributed by atoms with Gasteiger partial charge in [0.2, 0.25) is 0 Å². The summed E-state index contributed by atoms with van der Waals surface area (Å²) in [5.74, 6) is -0.144. The van der Waals surface area contributed by atoms with E-state index >= 15 is 0 Å². The first-order chi connectivity index (χ1) is 9.54. The van der Waals surface area contributed by atoms with Crippen LogP contribution in [-0.2, 0) is 4.79 Å². The number of piperidine rings is 1. The Morgan fingerprint density at radius 1 is 1.35 bits per heavy atom. The van der Waals surface area contributed by atoms with Crippen molar-refractivity contribution in [3.8, 4) is 0 Å². The third-order valence-electron chi connectivity index (χ3n) is 4.94. The molecule has 2 rings (SSSR count). The highest BCUT2D eigenvalue weighted by Gasteiger charge is 2.39. The zero-order valence-electron chi connectivity index (χ0n) is 12.4. The van der Waals surface area contributed by atoms with Crippen LogP contribution in [0.2, 0.25) is 0 Å². The van der Waals surface area contributed by atoms with E-state index in [1.807, 2.05) is 4.90 Å². The number of carbonyl (C=O) groups is 2. The predicted octanol–water partition coefficient (Wildman–Crippen LogP) is 2.46. The Labute approximate surface area is 120 Å². The van der Waals surface area contributed by atoms with E-state index < -0.39 is 5.97 Å². The smallest absolute Gasteiger partial charge is 0.317 e. The van der Waals surface area contributed by atoms with Gasteiger partial charge in [-0.1, -0.05) is 19.8 Å². The summed E-state index contributed by atoms with van der Waals surface area (Å²) in [7, 11) is 0. The van der Waals surface area contributed by atoms with Crippen molar-refractivity contribution in [1.82, 2.24) is 10.2 Å². The summed E-state index contributed by atoms with van der Waals surface area (Å²) < 4.78 is 0. The molecule has 0 radical (unpaired) electrons. The molecule has 2 amide bonds. The van der Waals surface area contributed by atoms with Crippen molar-refractivity contribution >= 4 is 12.0 Å². The minimum Gasteiger partial charge on any atom is -0.481 e. The standard InChI is InChI=1S/C15H26N2O3/c1-2-12-5-3-8-17(10-12)14(20)16-11-15(6-4-7-15)9-13(18)19/h12H,2-11H2,1H3,(H,16,20)(H,18,19). The quantitative estimate of drug-likeness (QED) is 0.814. The van der Waals surface area contributed by atoms with E-state index in [0.717, 1.165) is 45.2 Å². The van der Waals surface area contributed by atoms with Crippen molar-refractivity contribution < 1.29 is 14.7 Å². The maximum Gasteiger partial charge on any atom is 0.317 e. The maximum atomic E-state index is 12.2. The molecule has 20 heavy (non-hydrogen) atoms. The van der Waals surface area contributed by atoms with Gasteiger partial charge >= 0.3 is 12.0 Å². The zero-order chi connectivity index (χ0) is 14.6. The molecule has 1 saturated heterocycles. The van der Waals surface area contributed by atoms with Crippen molar-refractivity contribution in [1.29, 1.82) is 0 Å². The lowest BCUT2D eigenvalue weighted by Gasteiger charge is -2.41. The van der Waals surface area contributed by atoms with Crippen LogP contribution in [0.5, 0.6) is 0 Å². The van der Waals surface area contributed by atoms with Gasteiger partial charge in [0.15, 0.2) is 0 Å². The van der Waals surface area contributed by atoms with E-state index in [0.29, 0.717) is 12.5 Å². The Morgan fingerprint density at radius 3 is 2.65 bits per heavy atom. The largest absolute Gasteiger partial charge is 0.481 e. The summed E-state index contributed by atoms with van der Waals surface area (Å²) >= 11 is 0. The minimum absolute atomic E-state index is 0.0141. The van der Waals surface area contributed by atoms with Gasteiger partial charge in [-0.2, -0.15) is 0 Å². The molecule has 0 aromatic heterocycles. The molecule has 0 bridgehead atoms. The molecule has 2 N–H and O–H groups in total. The van der Waals surface area contributed by atoms with Crippen LogP contribution >= 0.6 is 0 Å². The average molecular weight is 282 g/mol. The fraction of sp³-hybridized carbons (Fsp3) is 0.867. The topological polar surface area (TPSA) is 69.6 Å². The highest BCUT2D eigenvalue weighted by atomic mass is 16.4. The molecule has 1 aliphatic carbocycles. The van der Waals surface area contributed by atoms with Gasteiger partial charge in [0.25, 0.3) is 0 Å². The normalized spacial score (nSPS) is 24.9. The van der Waals surface area contributed by atoms with Crippen LogP contribution in [0.15, 0.2) is 0 Å². The summed E-state index contributed by atoms with van der Waals surface area (Å²) in [6.07, 6.45) is 6.48. The zero-order valence-corrected chi connectivity index (χ0v) is 12.4. The van der Waals surface area contributed by atoms with Gasteiger partial charge in [-0.25, -0.2) is 4.79 Å². The van der Waals surface area contributed by atoms with Gasteiger partial charge in [0, 0.05) is 19.6 Å². The van der Waals surface area contributed by atoms with E-state index in [1.54, 1.807) is 0 Å². The Morgan fingerprint density at radius 2 is 2.10 bits per heavy atom. The van der Waals surface area contributed by atoms with Crippen molar-refractivity contribution in [3.05, 3.63) is 0 Å². The molecule has 0 aromatic carbocycles. The number of amides is 2. The molecule has 5 heteroatoms. The summed E-state index contributed by atoms with van der Waals surface area (Å²) in [5, 5.41) is 11.9. The van der Waals surface area contributed by atoms with Gasteiger partial charge < -0.3 is 15.3 Å². The van der Waals surface area contributed by atoms with E-state index in [4.69, 9.17) is 5.11 Å². The first-order valence-corrected chi connectivity index (χ1v) is 7.79. The molecule has 2 aliphatic rings. The van der Waals surface area contributed by atoms with Crippen LogP contribution in [0, 0.1) is 11.3 Å².